The van der Waals surface area contributed by atoms with Gasteiger partial charge in [0.15, 0.2) is 9.84 Å². The van der Waals surface area contributed by atoms with E-state index in [2.05, 4.69) is 18.0 Å². The van der Waals surface area contributed by atoms with E-state index in [0.29, 0.717) is 18.8 Å². The summed E-state index contributed by atoms with van der Waals surface area (Å²) in [5, 5.41) is 0. The standard InChI is InChI=1S/C24H30N2O5S/c1-17-15-26(23(27)31-24(2,3)4)13-12-22(17)18-6-7-19(25-14-18)16-30-20-8-10-21(11-9-20)32(5,28)29/h6-12,14,17H,13,15-16H2,1-5H3. The summed E-state index contributed by atoms with van der Waals surface area (Å²) < 4.78 is 34.3. The highest BCUT2D eigenvalue weighted by Gasteiger charge is 2.27. The Morgan fingerprint density at radius 3 is 2.38 bits per heavy atom. The summed E-state index contributed by atoms with van der Waals surface area (Å²) in [5.74, 6) is 0.739. The number of amides is 1. The summed E-state index contributed by atoms with van der Waals surface area (Å²) >= 11 is 0. The maximum atomic E-state index is 12.3. The van der Waals surface area contributed by atoms with Crippen LogP contribution in [0.1, 0.15) is 39.0 Å². The number of pyridine rings is 1. The zero-order chi connectivity index (χ0) is 23.5. The third-order valence-electron chi connectivity index (χ3n) is 5.01. The molecule has 0 spiro atoms. The van der Waals surface area contributed by atoms with Gasteiger partial charge >= 0.3 is 6.09 Å². The van der Waals surface area contributed by atoms with Crippen molar-refractivity contribution in [1.29, 1.82) is 0 Å². The Bertz CT molecular complexity index is 1080. The van der Waals surface area contributed by atoms with Crippen molar-refractivity contribution in [2.45, 2.75) is 44.8 Å². The van der Waals surface area contributed by atoms with E-state index in [4.69, 9.17) is 9.47 Å². The van der Waals surface area contributed by atoms with Crippen LogP contribution in [0.5, 0.6) is 5.75 Å². The number of hydrogen-bond acceptors (Lipinski definition) is 6. The second-order valence-corrected chi connectivity index (χ2v) is 11.0. The van der Waals surface area contributed by atoms with Gasteiger partial charge in [0.1, 0.15) is 18.0 Å². The van der Waals surface area contributed by atoms with Gasteiger partial charge in [0, 0.05) is 25.5 Å². The van der Waals surface area contributed by atoms with Crippen molar-refractivity contribution in [2.75, 3.05) is 19.3 Å². The van der Waals surface area contributed by atoms with E-state index in [1.807, 2.05) is 39.1 Å². The van der Waals surface area contributed by atoms with Crippen LogP contribution in [0, 0.1) is 5.92 Å². The highest BCUT2D eigenvalue weighted by Crippen LogP contribution is 2.28. The number of nitrogens with zero attached hydrogens (tertiary/aromatic N) is 2. The van der Waals surface area contributed by atoms with E-state index in [1.165, 1.54) is 18.4 Å². The van der Waals surface area contributed by atoms with Gasteiger partial charge in [-0.1, -0.05) is 19.1 Å². The molecule has 3 rings (SSSR count). The van der Waals surface area contributed by atoms with E-state index in [1.54, 1.807) is 17.0 Å². The van der Waals surface area contributed by atoms with Gasteiger partial charge in [0.05, 0.1) is 10.6 Å². The molecule has 0 N–H and O–H groups in total. The summed E-state index contributed by atoms with van der Waals surface area (Å²) in [6.07, 6.45) is 4.74. The van der Waals surface area contributed by atoms with E-state index in [9.17, 15) is 13.2 Å². The average molecular weight is 459 g/mol. The lowest BCUT2D eigenvalue weighted by atomic mass is 9.91. The number of sulfone groups is 1. The molecule has 2 heterocycles. The predicted octanol–water partition coefficient (Wildman–Crippen LogP) is 4.33. The number of carbonyl (C=O) groups excluding carboxylic acids is 1. The summed E-state index contributed by atoms with van der Waals surface area (Å²) in [7, 11) is -3.23. The van der Waals surface area contributed by atoms with Crippen LogP contribution < -0.4 is 4.74 Å². The monoisotopic (exact) mass is 458 g/mol. The first kappa shape index (κ1) is 23.8. The lowest BCUT2D eigenvalue weighted by molar-refractivity contribution is 0.0251. The minimum absolute atomic E-state index is 0.161. The molecule has 0 aliphatic carbocycles. The molecule has 1 aromatic heterocycles. The molecular formula is C24H30N2O5S. The Hall–Kier alpha value is -2.87. The Kier molecular flexibility index (Phi) is 6.93. The van der Waals surface area contributed by atoms with Crippen molar-refractivity contribution in [1.82, 2.24) is 9.88 Å². The first-order valence-electron chi connectivity index (χ1n) is 10.5. The molecule has 32 heavy (non-hydrogen) atoms. The second kappa shape index (κ2) is 9.32. The van der Waals surface area contributed by atoms with Gasteiger partial charge in [-0.25, -0.2) is 13.2 Å². The molecular weight excluding hydrogens is 428 g/mol. The number of aromatic nitrogens is 1. The summed E-state index contributed by atoms with van der Waals surface area (Å²) in [6.45, 7) is 9.04. The number of ether oxygens (including phenoxy) is 2. The van der Waals surface area contributed by atoms with E-state index in [-0.39, 0.29) is 23.5 Å². The Morgan fingerprint density at radius 2 is 1.84 bits per heavy atom. The Labute approximate surface area is 190 Å². The van der Waals surface area contributed by atoms with E-state index < -0.39 is 15.4 Å². The van der Waals surface area contributed by atoms with Gasteiger partial charge in [0.2, 0.25) is 0 Å². The third kappa shape index (κ3) is 6.32. The number of rotatable bonds is 5. The van der Waals surface area contributed by atoms with Crippen molar-refractivity contribution in [3.05, 3.63) is 59.9 Å². The van der Waals surface area contributed by atoms with Crippen molar-refractivity contribution >= 4 is 21.5 Å². The Balaban J connectivity index is 1.60. The normalized spacial score (nSPS) is 17.0. The fourth-order valence-electron chi connectivity index (χ4n) is 3.41. The zero-order valence-corrected chi connectivity index (χ0v) is 20.0. The van der Waals surface area contributed by atoms with Crippen LogP contribution in [0.4, 0.5) is 4.79 Å². The van der Waals surface area contributed by atoms with Crippen LogP contribution in [-0.2, 0) is 21.2 Å². The molecule has 1 aliphatic heterocycles. The first-order valence-corrected chi connectivity index (χ1v) is 12.4. The quantitative estimate of drug-likeness (QED) is 0.663. The van der Waals surface area contributed by atoms with Crippen LogP contribution in [0.25, 0.3) is 5.57 Å². The van der Waals surface area contributed by atoms with Gasteiger partial charge in [-0.2, -0.15) is 0 Å². The van der Waals surface area contributed by atoms with Crippen LogP contribution >= 0.6 is 0 Å². The molecule has 8 heteroatoms. The van der Waals surface area contributed by atoms with Gasteiger partial charge < -0.3 is 14.4 Å². The fourth-order valence-corrected chi connectivity index (χ4v) is 4.04. The highest BCUT2D eigenvalue weighted by atomic mass is 32.2. The summed E-state index contributed by atoms with van der Waals surface area (Å²) in [5.41, 5.74) is 2.42. The van der Waals surface area contributed by atoms with Crippen molar-refractivity contribution in [3.63, 3.8) is 0 Å². The largest absolute Gasteiger partial charge is 0.487 e. The van der Waals surface area contributed by atoms with E-state index >= 15 is 0 Å². The van der Waals surface area contributed by atoms with Crippen LogP contribution in [0.3, 0.4) is 0 Å². The zero-order valence-electron chi connectivity index (χ0n) is 19.2. The highest BCUT2D eigenvalue weighted by molar-refractivity contribution is 7.90. The summed E-state index contributed by atoms with van der Waals surface area (Å²) in [4.78, 5) is 18.8. The smallest absolute Gasteiger partial charge is 0.410 e. The minimum Gasteiger partial charge on any atom is -0.487 e. The van der Waals surface area contributed by atoms with Gasteiger partial charge in [-0.05, 0) is 68.2 Å². The fraction of sp³-hybridized carbons (Fsp3) is 0.417. The molecule has 0 saturated heterocycles. The minimum atomic E-state index is -3.23. The molecule has 0 saturated carbocycles. The van der Waals surface area contributed by atoms with Gasteiger partial charge in [-0.15, -0.1) is 0 Å². The van der Waals surface area contributed by atoms with Crippen LogP contribution in [0.15, 0.2) is 53.6 Å². The maximum absolute atomic E-state index is 12.3. The van der Waals surface area contributed by atoms with Gasteiger partial charge in [-0.3, -0.25) is 4.98 Å². The van der Waals surface area contributed by atoms with E-state index in [0.717, 1.165) is 16.8 Å². The first-order chi connectivity index (χ1) is 14.9. The number of carbonyl (C=O) groups is 1. The third-order valence-corrected chi connectivity index (χ3v) is 6.13. The number of hydrogen-bond donors (Lipinski definition) is 0. The van der Waals surface area contributed by atoms with Crippen molar-refractivity contribution < 1.29 is 22.7 Å². The lowest BCUT2D eigenvalue weighted by Crippen LogP contribution is -2.41. The molecule has 0 bridgehead atoms. The molecule has 1 aromatic carbocycles. The van der Waals surface area contributed by atoms with Crippen molar-refractivity contribution in [3.8, 4) is 5.75 Å². The topological polar surface area (TPSA) is 85.8 Å². The molecule has 2 aromatic rings. The van der Waals surface area contributed by atoms with Gasteiger partial charge in [0.25, 0.3) is 0 Å². The average Bonchev–Trinajstić information content (AvgIpc) is 2.71. The second-order valence-electron chi connectivity index (χ2n) is 9.02. The van der Waals surface area contributed by atoms with Crippen LogP contribution in [-0.4, -0.2) is 49.3 Å². The Morgan fingerprint density at radius 1 is 1.16 bits per heavy atom. The molecule has 1 aliphatic rings. The maximum Gasteiger partial charge on any atom is 0.410 e. The predicted molar refractivity (Wildman–Crippen MR) is 123 cm³/mol. The lowest BCUT2D eigenvalue weighted by Gasteiger charge is -2.33. The molecule has 1 atom stereocenters. The van der Waals surface area contributed by atoms with Crippen molar-refractivity contribution in [2.24, 2.45) is 5.92 Å². The SMILES string of the molecule is CC1CN(C(=O)OC(C)(C)C)CC=C1c1ccc(COc2ccc(S(C)(=O)=O)cc2)nc1. The molecule has 172 valence electrons. The number of benzene rings is 1. The molecule has 0 fully saturated rings. The summed E-state index contributed by atoms with van der Waals surface area (Å²) in [6, 6.07) is 10.2. The molecule has 0 radical (unpaired) electrons. The molecule has 7 nitrogen and oxygen atoms in total. The van der Waals surface area contributed by atoms with Crippen LogP contribution in [0.2, 0.25) is 0 Å². The molecule has 1 unspecified atom stereocenters. The molecule has 1 amide bonds.